The zero-order valence-electron chi connectivity index (χ0n) is 9.20. The SMILES string of the molecule is Cc1cncc(C(O)CCC(C)C)c1. The number of pyridine rings is 1. The van der Waals surface area contributed by atoms with E-state index in [2.05, 4.69) is 18.8 Å². The van der Waals surface area contributed by atoms with E-state index in [1.165, 1.54) is 0 Å². The largest absolute Gasteiger partial charge is 0.388 e. The van der Waals surface area contributed by atoms with Gasteiger partial charge in [0.25, 0.3) is 0 Å². The van der Waals surface area contributed by atoms with Crippen molar-refractivity contribution in [2.75, 3.05) is 0 Å². The lowest BCUT2D eigenvalue weighted by Gasteiger charge is -2.12. The van der Waals surface area contributed by atoms with Gasteiger partial charge in [-0.1, -0.05) is 19.9 Å². The van der Waals surface area contributed by atoms with Crippen LogP contribution >= 0.6 is 0 Å². The minimum Gasteiger partial charge on any atom is -0.388 e. The summed E-state index contributed by atoms with van der Waals surface area (Å²) in [5.74, 6) is 0.641. The van der Waals surface area contributed by atoms with Gasteiger partial charge in [0.1, 0.15) is 0 Å². The summed E-state index contributed by atoms with van der Waals surface area (Å²) >= 11 is 0. The Morgan fingerprint density at radius 2 is 2.00 bits per heavy atom. The minimum absolute atomic E-state index is 0.357. The number of aromatic nitrogens is 1. The molecular formula is C12H19NO. The molecule has 1 rings (SSSR count). The van der Waals surface area contributed by atoms with Crippen molar-refractivity contribution in [2.45, 2.75) is 39.7 Å². The van der Waals surface area contributed by atoms with Gasteiger partial charge in [-0.3, -0.25) is 4.98 Å². The standard InChI is InChI=1S/C12H19NO/c1-9(2)4-5-12(14)11-6-10(3)7-13-8-11/h6-9,12,14H,4-5H2,1-3H3. The zero-order chi connectivity index (χ0) is 10.6. The molecule has 0 spiro atoms. The van der Waals surface area contributed by atoms with Gasteiger partial charge in [-0.05, 0) is 36.8 Å². The zero-order valence-corrected chi connectivity index (χ0v) is 9.20. The molecule has 0 aromatic carbocycles. The highest BCUT2D eigenvalue weighted by Crippen LogP contribution is 2.20. The molecule has 1 heterocycles. The first-order valence-electron chi connectivity index (χ1n) is 5.19. The Bertz CT molecular complexity index is 283. The number of aliphatic hydroxyl groups excluding tert-OH is 1. The summed E-state index contributed by atoms with van der Waals surface area (Å²) in [5.41, 5.74) is 2.04. The van der Waals surface area contributed by atoms with E-state index >= 15 is 0 Å². The molecule has 14 heavy (non-hydrogen) atoms. The van der Waals surface area contributed by atoms with Gasteiger partial charge in [0.2, 0.25) is 0 Å². The number of nitrogens with zero attached hydrogens (tertiary/aromatic N) is 1. The van der Waals surface area contributed by atoms with Crippen molar-refractivity contribution in [3.05, 3.63) is 29.6 Å². The van der Waals surface area contributed by atoms with Crippen molar-refractivity contribution in [3.8, 4) is 0 Å². The number of rotatable bonds is 4. The van der Waals surface area contributed by atoms with Gasteiger partial charge in [-0.2, -0.15) is 0 Å². The molecule has 0 aliphatic heterocycles. The third kappa shape index (κ3) is 3.46. The van der Waals surface area contributed by atoms with Crippen molar-refractivity contribution in [1.29, 1.82) is 0 Å². The summed E-state index contributed by atoms with van der Waals surface area (Å²) in [6.45, 7) is 6.33. The Morgan fingerprint density at radius 1 is 1.29 bits per heavy atom. The van der Waals surface area contributed by atoms with E-state index in [0.717, 1.165) is 24.0 Å². The van der Waals surface area contributed by atoms with Gasteiger partial charge >= 0.3 is 0 Å². The normalized spacial score (nSPS) is 13.2. The van der Waals surface area contributed by atoms with Gasteiger partial charge in [-0.15, -0.1) is 0 Å². The van der Waals surface area contributed by atoms with Crippen LogP contribution in [-0.4, -0.2) is 10.1 Å². The van der Waals surface area contributed by atoms with Crippen LogP contribution in [0.4, 0.5) is 0 Å². The monoisotopic (exact) mass is 193 g/mol. The van der Waals surface area contributed by atoms with Gasteiger partial charge < -0.3 is 5.11 Å². The van der Waals surface area contributed by atoms with Gasteiger partial charge in [-0.25, -0.2) is 0 Å². The maximum atomic E-state index is 9.85. The molecule has 0 saturated heterocycles. The molecule has 0 aliphatic carbocycles. The fourth-order valence-corrected chi connectivity index (χ4v) is 1.42. The molecule has 0 aliphatic rings. The molecule has 1 aromatic rings. The highest BCUT2D eigenvalue weighted by molar-refractivity contribution is 5.18. The number of aryl methyl sites for hydroxylation is 1. The fourth-order valence-electron chi connectivity index (χ4n) is 1.42. The summed E-state index contributed by atoms with van der Waals surface area (Å²) in [7, 11) is 0. The Kier molecular flexibility index (Phi) is 4.08. The summed E-state index contributed by atoms with van der Waals surface area (Å²) in [4.78, 5) is 4.07. The second kappa shape index (κ2) is 5.11. The Balaban J connectivity index is 2.56. The molecule has 0 radical (unpaired) electrons. The van der Waals surface area contributed by atoms with Gasteiger partial charge in [0, 0.05) is 12.4 Å². The average Bonchev–Trinajstić information content (AvgIpc) is 2.14. The van der Waals surface area contributed by atoms with Crippen LogP contribution in [0, 0.1) is 12.8 Å². The van der Waals surface area contributed by atoms with Crippen molar-refractivity contribution < 1.29 is 5.11 Å². The van der Waals surface area contributed by atoms with Crippen molar-refractivity contribution in [2.24, 2.45) is 5.92 Å². The van der Waals surface area contributed by atoms with Crippen LogP contribution in [0.3, 0.4) is 0 Å². The molecule has 1 atom stereocenters. The minimum atomic E-state index is -0.357. The van der Waals surface area contributed by atoms with Crippen LogP contribution < -0.4 is 0 Å². The molecular weight excluding hydrogens is 174 g/mol. The van der Waals surface area contributed by atoms with E-state index in [4.69, 9.17) is 0 Å². The quantitative estimate of drug-likeness (QED) is 0.797. The molecule has 2 heteroatoms. The van der Waals surface area contributed by atoms with E-state index < -0.39 is 0 Å². The maximum absolute atomic E-state index is 9.85. The van der Waals surface area contributed by atoms with E-state index in [9.17, 15) is 5.11 Å². The molecule has 0 saturated carbocycles. The molecule has 0 bridgehead atoms. The summed E-state index contributed by atoms with van der Waals surface area (Å²) in [6.07, 6.45) is 5.07. The van der Waals surface area contributed by atoms with Crippen LogP contribution in [0.25, 0.3) is 0 Å². The van der Waals surface area contributed by atoms with Crippen LogP contribution in [0.15, 0.2) is 18.5 Å². The topological polar surface area (TPSA) is 33.1 Å². The number of hydrogen-bond donors (Lipinski definition) is 1. The first-order chi connectivity index (χ1) is 6.59. The van der Waals surface area contributed by atoms with E-state index in [1.807, 2.05) is 13.0 Å². The predicted molar refractivity (Wildman–Crippen MR) is 58.0 cm³/mol. The molecule has 1 N–H and O–H groups in total. The van der Waals surface area contributed by atoms with Crippen molar-refractivity contribution >= 4 is 0 Å². The van der Waals surface area contributed by atoms with Crippen molar-refractivity contribution in [3.63, 3.8) is 0 Å². The molecule has 0 fully saturated rings. The lowest BCUT2D eigenvalue weighted by molar-refractivity contribution is 0.158. The summed E-state index contributed by atoms with van der Waals surface area (Å²) < 4.78 is 0. The smallest absolute Gasteiger partial charge is 0.0805 e. The van der Waals surface area contributed by atoms with Crippen molar-refractivity contribution in [1.82, 2.24) is 4.98 Å². The molecule has 1 unspecified atom stereocenters. The molecule has 0 amide bonds. The van der Waals surface area contributed by atoms with E-state index in [1.54, 1.807) is 12.4 Å². The maximum Gasteiger partial charge on any atom is 0.0805 e. The number of aliphatic hydroxyl groups is 1. The Labute approximate surface area is 86.0 Å². The first kappa shape index (κ1) is 11.2. The molecule has 78 valence electrons. The predicted octanol–water partition coefficient (Wildman–Crippen LogP) is 2.86. The highest BCUT2D eigenvalue weighted by Gasteiger charge is 2.08. The van der Waals surface area contributed by atoms with Crippen LogP contribution in [0.1, 0.15) is 43.9 Å². The van der Waals surface area contributed by atoms with Crippen LogP contribution in [0.2, 0.25) is 0 Å². The Hall–Kier alpha value is -0.890. The summed E-state index contributed by atoms with van der Waals surface area (Å²) in [5, 5.41) is 9.85. The molecule has 2 nitrogen and oxygen atoms in total. The fraction of sp³-hybridized carbons (Fsp3) is 0.583. The van der Waals surface area contributed by atoms with Gasteiger partial charge in [0.05, 0.1) is 6.10 Å². The third-order valence-corrected chi connectivity index (χ3v) is 2.30. The van der Waals surface area contributed by atoms with Crippen LogP contribution in [0.5, 0.6) is 0 Å². The van der Waals surface area contributed by atoms with Crippen LogP contribution in [-0.2, 0) is 0 Å². The Morgan fingerprint density at radius 3 is 2.57 bits per heavy atom. The third-order valence-electron chi connectivity index (χ3n) is 2.30. The van der Waals surface area contributed by atoms with Gasteiger partial charge in [0.15, 0.2) is 0 Å². The first-order valence-corrected chi connectivity index (χ1v) is 5.19. The molecule has 1 aromatic heterocycles. The second-order valence-electron chi connectivity index (χ2n) is 4.28. The van der Waals surface area contributed by atoms with E-state index in [-0.39, 0.29) is 6.10 Å². The van der Waals surface area contributed by atoms with E-state index in [0.29, 0.717) is 5.92 Å². The summed E-state index contributed by atoms with van der Waals surface area (Å²) in [6, 6.07) is 2.00. The lowest BCUT2D eigenvalue weighted by atomic mass is 10.0. The highest BCUT2D eigenvalue weighted by atomic mass is 16.3. The second-order valence-corrected chi connectivity index (χ2v) is 4.28. The number of hydrogen-bond acceptors (Lipinski definition) is 2. The average molecular weight is 193 g/mol. The lowest BCUT2D eigenvalue weighted by Crippen LogP contribution is -2.00.